The second kappa shape index (κ2) is 9.10. The van der Waals surface area contributed by atoms with Crippen LogP contribution >= 0.6 is 0 Å². The highest BCUT2D eigenvalue weighted by Crippen LogP contribution is 2.27. The zero-order valence-electron chi connectivity index (χ0n) is 13.7. The summed E-state index contributed by atoms with van der Waals surface area (Å²) in [6.45, 7) is 5.10. The third-order valence-electron chi connectivity index (χ3n) is 3.37. The van der Waals surface area contributed by atoms with Crippen LogP contribution in [0.4, 0.5) is 0 Å². The lowest BCUT2D eigenvalue weighted by Gasteiger charge is -2.16. The Labute approximate surface area is 127 Å². The Balaban J connectivity index is 2.51. The first-order valence-electron chi connectivity index (χ1n) is 7.32. The molecule has 0 saturated heterocycles. The van der Waals surface area contributed by atoms with Crippen molar-refractivity contribution in [3.63, 3.8) is 0 Å². The molecular weight excluding hydrogens is 266 g/mol. The van der Waals surface area contributed by atoms with E-state index in [9.17, 15) is 0 Å². The average molecular weight is 293 g/mol. The van der Waals surface area contributed by atoms with Gasteiger partial charge in [-0.3, -0.25) is 4.99 Å². The maximum atomic E-state index is 5.31. The van der Waals surface area contributed by atoms with Gasteiger partial charge < -0.3 is 20.1 Å². The summed E-state index contributed by atoms with van der Waals surface area (Å²) in [6, 6.07) is 6.40. The van der Waals surface area contributed by atoms with E-state index in [4.69, 9.17) is 9.47 Å². The van der Waals surface area contributed by atoms with Crippen LogP contribution in [0.5, 0.6) is 11.5 Å². The smallest absolute Gasteiger partial charge is 0.191 e. The summed E-state index contributed by atoms with van der Waals surface area (Å²) in [7, 11) is 5.08. The van der Waals surface area contributed by atoms with Gasteiger partial charge in [0.05, 0.1) is 14.2 Å². The molecule has 1 atom stereocenters. The second-order valence-electron chi connectivity index (χ2n) is 4.89. The van der Waals surface area contributed by atoms with Crippen molar-refractivity contribution in [3.05, 3.63) is 23.8 Å². The molecule has 1 rings (SSSR count). The van der Waals surface area contributed by atoms with Crippen molar-refractivity contribution < 1.29 is 9.47 Å². The van der Waals surface area contributed by atoms with Crippen LogP contribution < -0.4 is 20.1 Å². The number of aliphatic imine (C=N–C) groups is 1. The first kappa shape index (κ1) is 17.1. The summed E-state index contributed by atoms with van der Waals surface area (Å²) in [5.74, 6) is 2.35. The van der Waals surface area contributed by atoms with E-state index in [0.29, 0.717) is 6.04 Å². The van der Waals surface area contributed by atoms with Gasteiger partial charge in [-0.05, 0) is 37.5 Å². The first-order chi connectivity index (χ1) is 10.1. The van der Waals surface area contributed by atoms with E-state index in [0.717, 1.165) is 36.8 Å². The van der Waals surface area contributed by atoms with Crippen LogP contribution in [0, 0.1) is 0 Å². The lowest BCUT2D eigenvalue weighted by atomic mass is 10.1. The van der Waals surface area contributed by atoms with Gasteiger partial charge in [0.15, 0.2) is 17.5 Å². The fraction of sp³-hybridized carbons (Fsp3) is 0.562. The number of hydrogen-bond donors (Lipinski definition) is 2. The molecule has 0 aromatic heterocycles. The Kier molecular flexibility index (Phi) is 7.43. The first-order valence-corrected chi connectivity index (χ1v) is 7.32. The van der Waals surface area contributed by atoms with Crippen molar-refractivity contribution >= 4 is 5.96 Å². The van der Waals surface area contributed by atoms with Gasteiger partial charge in [0.1, 0.15) is 0 Å². The van der Waals surface area contributed by atoms with E-state index in [1.165, 1.54) is 5.56 Å². The second-order valence-corrected chi connectivity index (χ2v) is 4.89. The summed E-state index contributed by atoms with van der Waals surface area (Å²) >= 11 is 0. The molecule has 0 aliphatic carbocycles. The van der Waals surface area contributed by atoms with Crippen LogP contribution in [-0.2, 0) is 6.42 Å². The molecule has 0 aliphatic heterocycles. The van der Waals surface area contributed by atoms with Crippen molar-refractivity contribution in [2.45, 2.75) is 32.7 Å². The standard InChI is InChI=1S/C16H27N3O2/c1-6-12(2)19-16(17-3)18-10-9-13-7-8-14(20-4)15(11-13)21-5/h7-8,11-12H,6,9-10H2,1-5H3,(H2,17,18,19). The SMILES string of the molecule is CCC(C)NC(=NC)NCCc1ccc(OC)c(OC)c1. The van der Waals surface area contributed by atoms with E-state index in [2.05, 4.69) is 29.5 Å². The summed E-state index contributed by atoms with van der Waals surface area (Å²) in [4.78, 5) is 4.22. The van der Waals surface area contributed by atoms with Crippen molar-refractivity contribution in [2.75, 3.05) is 27.8 Å². The predicted octanol–water partition coefficient (Wildman–Crippen LogP) is 2.21. The zero-order valence-corrected chi connectivity index (χ0v) is 13.7. The maximum Gasteiger partial charge on any atom is 0.191 e. The van der Waals surface area contributed by atoms with Crippen molar-refractivity contribution in [2.24, 2.45) is 4.99 Å². The Morgan fingerprint density at radius 2 is 1.95 bits per heavy atom. The highest BCUT2D eigenvalue weighted by atomic mass is 16.5. The van der Waals surface area contributed by atoms with Crippen molar-refractivity contribution in [3.8, 4) is 11.5 Å². The Morgan fingerprint density at radius 1 is 1.24 bits per heavy atom. The predicted molar refractivity (Wildman–Crippen MR) is 87.5 cm³/mol. The number of methoxy groups -OCH3 is 2. The fourth-order valence-electron chi connectivity index (χ4n) is 1.89. The molecule has 0 radical (unpaired) electrons. The minimum absolute atomic E-state index is 0.414. The number of benzene rings is 1. The van der Waals surface area contributed by atoms with E-state index in [-0.39, 0.29) is 0 Å². The molecule has 0 aliphatic rings. The molecular formula is C16H27N3O2. The Bertz CT molecular complexity index is 461. The van der Waals surface area contributed by atoms with Gasteiger partial charge >= 0.3 is 0 Å². The molecule has 0 saturated carbocycles. The van der Waals surface area contributed by atoms with Crippen LogP contribution in [0.2, 0.25) is 0 Å². The number of nitrogens with one attached hydrogen (secondary N) is 2. The van der Waals surface area contributed by atoms with Gasteiger partial charge in [-0.2, -0.15) is 0 Å². The molecule has 0 bridgehead atoms. The molecule has 1 unspecified atom stereocenters. The third kappa shape index (κ3) is 5.53. The summed E-state index contributed by atoms with van der Waals surface area (Å²) < 4.78 is 10.5. The molecule has 118 valence electrons. The van der Waals surface area contributed by atoms with Crippen LogP contribution in [0.3, 0.4) is 0 Å². The summed E-state index contributed by atoms with van der Waals surface area (Å²) in [6.07, 6.45) is 1.96. The van der Waals surface area contributed by atoms with Gasteiger partial charge in [-0.1, -0.05) is 13.0 Å². The molecule has 1 aromatic rings. The topological polar surface area (TPSA) is 54.9 Å². The van der Waals surface area contributed by atoms with E-state index in [1.807, 2.05) is 18.2 Å². The van der Waals surface area contributed by atoms with E-state index >= 15 is 0 Å². The van der Waals surface area contributed by atoms with Crippen LogP contribution in [0.15, 0.2) is 23.2 Å². The van der Waals surface area contributed by atoms with Gasteiger partial charge in [-0.15, -0.1) is 0 Å². The molecule has 21 heavy (non-hydrogen) atoms. The van der Waals surface area contributed by atoms with Gasteiger partial charge in [0.2, 0.25) is 0 Å². The Hall–Kier alpha value is -1.91. The minimum atomic E-state index is 0.414. The fourth-order valence-corrected chi connectivity index (χ4v) is 1.89. The van der Waals surface area contributed by atoms with Crippen molar-refractivity contribution in [1.29, 1.82) is 0 Å². The monoisotopic (exact) mass is 293 g/mol. The number of ether oxygens (including phenoxy) is 2. The van der Waals surface area contributed by atoms with Gasteiger partial charge in [0, 0.05) is 19.6 Å². The lowest BCUT2D eigenvalue weighted by Crippen LogP contribution is -2.42. The maximum absolute atomic E-state index is 5.31. The average Bonchev–Trinajstić information content (AvgIpc) is 2.53. The summed E-state index contributed by atoms with van der Waals surface area (Å²) in [5.41, 5.74) is 1.19. The molecule has 5 heteroatoms. The molecule has 1 aromatic carbocycles. The normalized spacial score (nSPS) is 12.7. The van der Waals surface area contributed by atoms with Crippen LogP contribution in [0.25, 0.3) is 0 Å². The van der Waals surface area contributed by atoms with E-state index < -0.39 is 0 Å². The van der Waals surface area contributed by atoms with Gasteiger partial charge in [0.25, 0.3) is 0 Å². The van der Waals surface area contributed by atoms with Gasteiger partial charge in [-0.25, -0.2) is 0 Å². The number of nitrogens with zero attached hydrogens (tertiary/aromatic N) is 1. The lowest BCUT2D eigenvalue weighted by molar-refractivity contribution is 0.354. The number of rotatable bonds is 7. The molecule has 0 heterocycles. The highest BCUT2D eigenvalue weighted by Gasteiger charge is 2.05. The number of hydrogen-bond acceptors (Lipinski definition) is 3. The molecule has 0 amide bonds. The molecule has 5 nitrogen and oxygen atoms in total. The molecule has 2 N–H and O–H groups in total. The van der Waals surface area contributed by atoms with Crippen molar-refractivity contribution in [1.82, 2.24) is 10.6 Å². The van der Waals surface area contributed by atoms with Crippen LogP contribution in [0.1, 0.15) is 25.8 Å². The molecule has 0 spiro atoms. The highest BCUT2D eigenvalue weighted by molar-refractivity contribution is 5.79. The zero-order chi connectivity index (χ0) is 15.7. The number of guanidine groups is 1. The van der Waals surface area contributed by atoms with Crippen LogP contribution in [-0.4, -0.2) is 39.8 Å². The third-order valence-corrected chi connectivity index (χ3v) is 3.37. The largest absolute Gasteiger partial charge is 0.493 e. The minimum Gasteiger partial charge on any atom is -0.493 e. The van der Waals surface area contributed by atoms with E-state index in [1.54, 1.807) is 21.3 Å². The summed E-state index contributed by atoms with van der Waals surface area (Å²) in [5, 5.41) is 6.65. The Morgan fingerprint density at radius 3 is 2.52 bits per heavy atom. The quantitative estimate of drug-likeness (QED) is 0.598. The molecule has 0 fully saturated rings.